The van der Waals surface area contributed by atoms with Crippen LogP contribution in [0.25, 0.3) is 0 Å². The van der Waals surface area contributed by atoms with Crippen molar-refractivity contribution in [3.8, 4) is 0 Å². The quantitative estimate of drug-likeness (QED) is 0.816. The van der Waals surface area contributed by atoms with Gasteiger partial charge >= 0.3 is 5.97 Å². The Balaban J connectivity index is 2.10. The number of carbonyl (C=O) groups is 1. The molecule has 0 spiro atoms. The number of hydrogen-bond donors (Lipinski definition) is 1. The van der Waals surface area contributed by atoms with Gasteiger partial charge in [0.15, 0.2) is 0 Å². The van der Waals surface area contributed by atoms with E-state index in [0.717, 1.165) is 0 Å². The highest BCUT2D eigenvalue weighted by Gasteiger charge is 2.40. The molecular formula is C13H19N3O3. The van der Waals surface area contributed by atoms with Gasteiger partial charge in [0.05, 0.1) is 36.6 Å². The van der Waals surface area contributed by atoms with Crippen molar-refractivity contribution in [1.82, 2.24) is 9.97 Å². The second-order valence-corrected chi connectivity index (χ2v) is 4.82. The molecule has 0 atom stereocenters. The summed E-state index contributed by atoms with van der Waals surface area (Å²) in [5.41, 5.74) is 0.351. The molecule has 0 saturated carbocycles. The van der Waals surface area contributed by atoms with E-state index in [0.29, 0.717) is 43.3 Å². The fourth-order valence-corrected chi connectivity index (χ4v) is 2.05. The van der Waals surface area contributed by atoms with Gasteiger partial charge in [-0.3, -0.25) is 0 Å². The van der Waals surface area contributed by atoms with Crippen LogP contribution < -0.4 is 4.90 Å². The summed E-state index contributed by atoms with van der Waals surface area (Å²) >= 11 is 0. The first-order valence-corrected chi connectivity index (χ1v) is 6.47. The molecule has 1 aromatic rings. The van der Waals surface area contributed by atoms with Gasteiger partial charge in [0.25, 0.3) is 0 Å². The van der Waals surface area contributed by atoms with E-state index in [1.165, 1.54) is 6.20 Å². The van der Waals surface area contributed by atoms with Crippen molar-refractivity contribution in [2.45, 2.75) is 32.8 Å². The third-order valence-corrected chi connectivity index (χ3v) is 3.37. The van der Waals surface area contributed by atoms with Gasteiger partial charge in [-0.25, -0.2) is 14.8 Å². The molecule has 19 heavy (non-hydrogen) atoms. The first kappa shape index (κ1) is 13.7. The van der Waals surface area contributed by atoms with Crippen LogP contribution in [-0.2, 0) is 4.74 Å². The molecule has 1 N–H and O–H groups in total. The maximum absolute atomic E-state index is 11.6. The van der Waals surface area contributed by atoms with E-state index in [9.17, 15) is 9.90 Å². The van der Waals surface area contributed by atoms with Crippen LogP contribution in [0.5, 0.6) is 0 Å². The van der Waals surface area contributed by atoms with E-state index >= 15 is 0 Å². The first-order valence-electron chi connectivity index (χ1n) is 6.47. The topological polar surface area (TPSA) is 75.5 Å². The zero-order valence-electron chi connectivity index (χ0n) is 11.5. The molecule has 1 aromatic heterocycles. The molecule has 0 bridgehead atoms. The van der Waals surface area contributed by atoms with E-state index in [2.05, 4.69) is 9.97 Å². The number of anilines is 1. The highest BCUT2D eigenvalue weighted by Crippen LogP contribution is 2.27. The summed E-state index contributed by atoms with van der Waals surface area (Å²) in [7, 11) is 0. The van der Waals surface area contributed by atoms with Crippen molar-refractivity contribution in [3.05, 3.63) is 17.5 Å². The van der Waals surface area contributed by atoms with E-state index in [-0.39, 0.29) is 0 Å². The molecule has 1 saturated heterocycles. The van der Waals surface area contributed by atoms with Gasteiger partial charge in [-0.1, -0.05) is 6.92 Å². The molecule has 6 heteroatoms. The van der Waals surface area contributed by atoms with E-state index < -0.39 is 11.6 Å². The van der Waals surface area contributed by atoms with Crippen LogP contribution in [0.4, 0.5) is 5.95 Å². The summed E-state index contributed by atoms with van der Waals surface area (Å²) < 4.78 is 4.93. The molecule has 0 aromatic carbocycles. The highest BCUT2D eigenvalue weighted by atomic mass is 16.5. The number of hydrogen-bond acceptors (Lipinski definition) is 6. The Kier molecular flexibility index (Phi) is 3.71. The smallest absolute Gasteiger partial charge is 0.341 e. The molecule has 0 amide bonds. The van der Waals surface area contributed by atoms with E-state index in [1.807, 2.05) is 11.8 Å². The number of nitrogens with zero attached hydrogens (tertiary/aromatic N) is 3. The maximum atomic E-state index is 11.6. The molecule has 0 aliphatic carbocycles. The van der Waals surface area contributed by atoms with Crippen molar-refractivity contribution in [2.75, 3.05) is 24.6 Å². The Hall–Kier alpha value is -1.69. The molecule has 2 heterocycles. The van der Waals surface area contributed by atoms with Crippen LogP contribution in [0.1, 0.15) is 36.3 Å². The van der Waals surface area contributed by atoms with Crippen molar-refractivity contribution in [1.29, 1.82) is 0 Å². The second-order valence-electron chi connectivity index (χ2n) is 4.82. The zero-order valence-corrected chi connectivity index (χ0v) is 11.5. The Morgan fingerprint density at radius 2 is 2.21 bits per heavy atom. The molecule has 2 rings (SSSR count). The predicted molar refractivity (Wildman–Crippen MR) is 70.2 cm³/mol. The van der Waals surface area contributed by atoms with Gasteiger partial charge in [-0.2, -0.15) is 0 Å². The fraction of sp³-hybridized carbons (Fsp3) is 0.615. The van der Waals surface area contributed by atoms with Crippen LogP contribution in [0.3, 0.4) is 0 Å². The summed E-state index contributed by atoms with van der Waals surface area (Å²) in [6.07, 6.45) is 2.20. The van der Waals surface area contributed by atoms with Crippen LogP contribution in [0.15, 0.2) is 6.20 Å². The van der Waals surface area contributed by atoms with Crippen molar-refractivity contribution >= 4 is 11.9 Å². The SMILES string of the molecule is CCOC(=O)c1cnc(N2CC(O)(CC)C2)nc1C. The van der Waals surface area contributed by atoms with Gasteiger partial charge in [-0.05, 0) is 20.3 Å². The lowest BCUT2D eigenvalue weighted by Crippen LogP contribution is -2.62. The molecule has 104 valence electrons. The Labute approximate surface area is 112 Å². The van der Waals surface area contributed by atoms with Gasteiger partial charge in [0.2, 0.25) is 5.95 Å². The summed E-state index contributed by atoms with van der Waals surface area (Å²) in [6.45, 7) is 6.85. The third-order valence-electron chi connectivity index (χ3n) is 3.37. The van der Waals surface area contributed by atoms with Gasteiger partial charge < -0.3 is 14.7 Å². The second kappa shape index (κ2) is 5.13. The number of aryl methyl sites for hydroxylation is 1. The Morgan fingerprint density at radius 3 is 2.74 bits per heavy atom. The van der Waals surface area contributed by atoms with Gasteiger partial charge in [0.1, 0.15) is 0 Å². The molecule has 6 nitrogen and oxygen atoms in total. The van der Waals surface area contributed by atoms with Crippen molar-refractivity contribution in [2.24, 2.45) is 0 Å². The minimum absolute atomic E-state index is 0.329. The van der Waals surface area contributed by atoms with Crippen LogP contribution in [-0.4, -0.2) is 46.3 Å². The zero-order chi connectivity index (χ0) is 14.0. The lowest BCUT2D eigenvalue weighted by molar-refractivity contribution is 0.00750. The molecule has 1 aliphatic rings. The number of aromatic nitrogens is 2. The highest BCUT2D eigenvalue weighted by molar-refractivity contribution is 5.90. The van der Waals surface area contributed by atoms with Crippen LogP contribution >= 0.6 is 0 Å². The average molecular weight is 265 g/mol. The number of esters is 1. The standard InChI is InChI=1S/C13H19N3O3/c1-4-13(18)7-16(8-13)12-14-6-10(9(3)15-12)11(17)19-5-2/h6,18H,4-5,7-8H2,1-3H3. The van der Waals surface area contributed by atoms with Crippen molar-refractivity contribution < 1.29 is 14.6 Å². The molecule has 1 fully saturated rings. The first-order chi connectivity index (χ1) is 8.99. The minimum atomic E-state index is -0.628. The molecular weight excluding hydrogens is 246 g/mol. The fourth-order valence-electron chi connectivity index (χ4n) is 2.05. The van der Waals surface area contributed by atoms with E-state index in [4.69, 9.17) is 4.74 Å². The molecule has 0 unspecified atom stereocenters. The number of rotatable bonds is 4. The normalized spacial score (nSPS) is 16.9. The summed E-state index contributed by atoms with van der Waals surface area (Å²) in [4.78, 5) is 22.0. The van der Waals surface area contributed by atoms with Crippen LogP contribution in [0.2, 0.25) is 0 Å². The van der Waals surface area contributed by atoms with Crippen LogP contribution in [0, 0.1) is 6.92 Å². The summed E-state index contributed by atoms with van der Waals surface area (Å²) in [5.74, 6) is 0.142. The summed E-state index contributed by atoms with van der Waals surface area (Å²) in [5, 5.41) is 9.96. The summed E-state index contributed by atoms with van der Waals surface area (Å²) in [6, 6.07) is 0. The monoisotopic (exact) mass is 265 g/mol. The lowest BCUT2D eigenvalue weighted by atomic mass is 9.92. The maximum Gasteiger partial charge on any atom is 0.341 e. The Bertz CT molecular complexity index is 484. The molecule has 0 radical (unpaired) electrons. The average Bonchev–Trinajstić information content (AvgIpc) is 2.35. The predicted octanol–water partition coefficient (Wildman–Crippen LogP) is 0.923. The number of β-amino-alcohol motifs (C(OH)–C–C–N with tert-alkyl or cyclic N) is 1. The largest absolute Gasteiger partial charge is 0.462 e. The van der Waals surface area contributed by atoms with E-state index in [1.54, 1.807) is 13.8 Å². The molecule has 1 aliphatic heterocycles. The van der Waals surface area contributed by atoms with Gasteiger partial charge in [0, 0.05) is 6.20 Å². The van der Waals surface area contributed by atoms with Gasteiger partial charge in [-0.15, -0.1) is 0 Å². The minimum Gasteiger partial charge on any atom is -0.462 e. The number of aliphatic hydroxyl groups is 1. The Morgan fingerprint density at radius 1 is 1.53 bits per heavy atom. The van der Waals surface area contributed by atoms with Crippen molar-refractivity contribution in [3.63, 3.8) is 0 Å². The number of ether oxygens (including phenoxy) is 1. The third kappa shape index (κ3) is 2.68. The lowest BCUT2D eigenvalue weighted by Gasteiger charge is -2.46. The number of carbonyl (C=O) groups excluding carboxylic acids is 1.